The van der Waals surface area contributed by atoms with E-state index in [1.807, 2.05) is 26.0 Å². The monoisotopic (exact) mass is 262 g/mol. The molecule has 2 N–H and O–H groups in total. The van der Waals surface area contributed by atoms with E-state index in [0.29, 0.717) is 5.56 Å². The van der Waals surface area contributed by atoms with Crippen LogP contribution in [0, 0.1) is 10.1 Å². The van der Waals surface area contributed by atoms with Gasteiger partial charge < -0.3 is 5.73 Å². The van der Waals surface area contributed by atoms with Crippen LogP contribution >= 0.6 is 11.3 Å². The predicted octanol–water partition coefficient (Wildman–Crippen LogP) is 3.52. The maximum atomic E-state index is 11.0. The van der Waals surface area contributed by atoms with Crippen molar-refractivity contribution in [3.63, 3.8) is 0 Å². The Hall–Kier alpha value is -1.72. The Balaban J connectivity index is 2.50. The summed E-state index contributed by atoms with van der Waals surface area (Å²) in [5.74, 6) is 0. The molecule has 1 aromatic heterocycles. The van der Waals surface area contributed by atoms with Crippen molar-refractivity contribution < 1.29 is 4.92 Å². The van der Waals surface area contributed by atoms with Crippen molar-refractivity contribution in [2.75, 3.05) is 0 Å². The first kappa shape index (κ1) is 12.7. The van der Waals surface area contributed by atoms with Crippen molar-refractivity contribution in [2.24, 2.45) is 5.73 Å². The maximum Gasteiger partial charge on any atom is 0.278 e. The van der Waals surface area contributed by atoms with Gasteiger partial charge in [0.05, 0.1) is 10.5 Å². The number of nitrogens with zero attached hydrogens (tertiary/aromatic N) is 1. The highest BCUT2D eigenvalue weighted by molar-refractivity contribution is 7.15. The Bertz CT molecular complexity index is 585. The van der Waals surface area contributed by atoms with E-state index in [1.54, 1.807) is 18.2 Å². The molecule has 5 heteroatoms. The molecule has 0 fully saturated rings. The molecular formula is C13H14N2O2S. The smallest absolute Gasteiger partial charge is 0.278 e. The van der Waals surface area contributed by atoms with Gasteiger partial charge in [-0.1, -0.05) is 12.1 Å². The molecule has 18 heavy (non-hydrogen) atoms. The number of nitro groups is 1. The third kappa shape index (κ3) is 2.42. The second-order valence-corrected chi connectivity index (χ2v) is 5.74. The topological polar surface area (TPSA) is 69.2 Å². The summed E-state index contributed by atoms with van der Waals surface area (Å²) in [6, 6.07) is 10.6. The average molecular weight is 262 g/mol. The van der Waals surface area contributed by atoms with E-state index in [4.69, 9.17) is 5.73 Å². The fraction of sp³-hybridized carbons (Fsp3) is 0.231. The molecular weight excluding hydrogens is 248 g/mol. The Morgan fingerprint density at radius 1 is 1.22 bits per heavy atom. The molecule has 2 aromatic rings. The SMILES string of the molecule is CC(C)(N)c1ccc(-c2ccccc2[N+](=O)[O-])s1. The zero-order chi connectivity index (χ0) is 13.3. The second-order valence-electron chi connectivity index (χ2n) is 4.66. The van der Waals surface area contributed by atoms with Gasteiger partial charge in [0, 0.05) is 21.4 Å². The highest BCUT2D eigenvalue weighted by Gasteiger charge is 2.20. The Kier molecular flexibility index (Phi) is 3.19. The molecule has 0 saturated heterocycles. The molecule has 94 valence electrons. The molecule has 0 aliphatic rings. The van der Waals surface area contributed by atoms with Gasteiger partial charge in [0.1, 0.15) is 0 Å². The zero-order valence-corrected chi connectivity index (χ0v) is 11.0. The third-order valence-electron chi connectivity index (χ3n) is 2.61. The summed E-state index contributed by atoms with van der Waals surface area (Å²) in [6.07, 6.45) is 0. The van der Waals surface area contributed by atoms with E-state index in [2.05, 4.69) is 0 Å². The number of thiophene rings is 1. The standard InChI is InChI=1S/C13H14N2O2S/c1-13(2,14)12-8-7-11(18-12)9-5-3-4-6-10(9)15(16)17/h3-8H,14H2,1-2H3. The van der Waals surface area contributed by atoms with Gasteiger partial charge in [-0.05, 0) is 32.0 Å². The molecule has 2 rings (SSSR count). The molecule has 0 spiro atoms. The molecule has 1 heterocycles. The lowest BCUT2D eigenvalue weighted by Gasteiger charge is -2.15. The lowest BCUT2D eigenvalue weighted by molar-refractivity contribution is -0.384. The van der Waals surface area contributed by atoms with E-state index in [0.717, 1.165) is 9.75 Å². The van der Waals surface area contributed by atoms with Gasteiger partial charge in [0.25, 0.3) is 5.69 Å². The maximum absolute atomic E-state index is 11.0. The largest absolute Gasteiger partial charge is 0.321 e. The number of hydrogen-bond donors (Lipinski definition) is 1. The lowest BCUT2D eigenvalue weighted by Crippen LogP contribution is -2.27. The first-order chi connectivity index (χ1) is 8.39. The minimum absolute atomic E-state index is 0.126. The lowest BCUT2D eigenvalue weighted by atomic mass is 10.1. The molecule has 0 bridgehead atoms. The van der Waals surface area contributed by atoms with E-state index in [-0.39, 0.29) is 10.6 Å². The molecule has 0 aliphatic heterocycles. The summed E-state index contributed by atoms with van der Waals surface area (Å²) in [7, 11) is 0. The first-order valence-corrected chi connectivity index (χ1v) is 6.34. The zero-order valence-electron chi connectivity index (χ0n) is 10.2. The first-order valence-electron chi connectivity index (χ1n) is 5.52. The number of benzene rings is 1. The summed E-state index contributed by atoms with van der Waals surface area (Å²) in [6.45, 7) is 3.84. The van der Waals surface area contributed by atoms with Crippen LogP contribution in [-0.4, -0.2) is 4.92 Å². The van der Waals surface area contributed by atoms with Gasteiger partial charge in [-0.25, -0.2) is 0 Å². The summed E-state index contributed by atoms with van der Waals surface area (Å²) >= 11 is 1.50. The van der Waals surface area contributed by atoms with Crippen molar-refractivity contribution in [3.8, 4) is 10.4 Å². The van der Waals surface area contributed by atoms with E-state index < -0.39 is 5.54 Å². The van der Waals surface area contributed by atoms with Crippen LogP contribution in [0.1, 0.15) is 18.7 Å². The van der Waals surface area contributed by atoms with E-state index in [9.17, 15) is 10.1 Å². The average Bonchev–Trinajstić information content (AvgIpc) is 2.77. The minimum atomic E-state index is -0.424. The van der Waals surface area contributed by atoms with Crippen LogP contribution < -0.4 is 5.73 Å². The molecule has 0 aliphatic carbocycles. The van der Waals surface area contributed by atoms with Crippen LogP contribution in [0.25, 0.3) is 10.4 Å². The van der Waals surface area contributed by atoms with Crippen molar-refractivity contribution in [1.82, 2.24) is 0 Å². The van der Waals surface area contributed by atoms with Crippen molar-refractivity contribution in [3.05, 3.63) is 51.4 Å². The van der Waals surface area contributed by atoms with Gasteiger partial charge in [-0.15, -0.1) is 11.3 Å². The molecule has 0 saturated carbocycles. The third-order valence-corrected chi connectivity index (χ3v) is 4.07. The fourth-order valence-electron chi connectivity index (χ4n) is 1.67. The molecule has 4 nitrogen and oxygen atoms in total. The number of nitro benzene ring substituents is 1. The summed E-state index contributed by atoms with van der Waals surface area (Å²) < 4.78 is 0. The van der Waals surface area contributed by atoms with Gasteiger partial charge in [-0.2, -0.15) is 0 Å². The van der Waals surface area contributed by atoms with Crippen LogP contribution in [-0.2, 0) is 5.54 Å². The second kappa shape index (κ2) is 4.51. The van der Waals surface area contributed by atoms with Crippen LogP contribution in [0.4, 0.5) is 5.69 Å². The highest BCUT2D eigenvalue weighted by atomic mass is 32.1. The number of nitrogens with two attached hydrogens (primary N) is 1. The van der Waals surface area contributed by atoms with E-state index in [1.165, 1.54) is 17.4 Å². The predicted molar refractivity (Wildman–Crippen MR) is 73.6 cm³/mol. The van der Waals surface area contributed by atoms with Crippen LogP contribution in [0.2, 0.25) is 0 Å². The Morgan fingerprint density at radius 3 is 2.44 bits per heavy atom. The Morgan fingerprint density at radius 2 is 1.89 bits per heavy atom. The molecule has 0 atom stereocenters. The number of para-hydroxylation sites is 1. The quantitative estimate of drug-likeness (QED) is 0.679. The van der Waals surface area contributed by atoms with Gasteiger partial charge in [0.15, 0.2) is 0 Å². The molecule has 0 radical (unpaired) electrons. The summed E-state index contributed by atoms with van der Waals surface area (Å²) in [5, 5.41) is 11.0. The van der Waals surface area contributed by atoms with Crippen molar-refractivity contribution >= 4 is 17.0 Å². The fourth-order valence-corrected chi connectivity index (χ4v) is 2.72. The van der Waals surface area contributed by atoms with Crippen LogP contribution in [0.3, 0.4) is 0 Å². The number of rotatable bonds is 3. The van der Waals surface area contributed by atoms with Crippen LogP contribution in [0.15, 0.2) is 36.4 Å². The number of hydrogen-bond acceptors (Lipinski definition) is 4. The van der Waals surface area contributed by atoms with Crippen molar-refractivity contribution in [1.29, 1.82) is 0 Å². The van der Waals surface area contributed by atoms with Crippen molar-refractivity contribution in [2.45, 2.75) is 19.4 Å². The van der Waals surface area contributed by atoms with Gasteiger partial charge in [0.2, 0.25) is 0 Å². The molecule has 0 amide bonds. The Labute approximate surface area is 109 Å². The normalized spacial score (nSPS) is 11.5. The molecule has 1 aromatic carbocycles. The minimum Gasteiger partial charge on any atom is -0.321 e. The van der Waals surface area contributed by atoms with Gasteiger partial charge in [-0.3, -0.25) is 10.1 Å². The summed E-state index contributed by atoms with van der Waals surface area (Å²) in [5.41, 5.74) is 6.37. The molecule has 0 unspecified atom stereocenters. The van der Waals surface area contributed by atoms with E-state index >= 15 is 0 Å². The highest BCUT2D eigenvalue weighted by Crippen LogP contribution is 2.37. The van der Waals surface area contributed by atoms with Gasteiger partial charge >= 0.3 is 0 Å². The van der Waals surface area contributed by atoms with Crippen LogP contribution in [0.5, 0.6) is 0 Å². The summed E-state index contributed by atoms with van der Waals surface area (Å²) in [4.78, 5) is 12.5.